The highest BCUT2D eigenvalue weighted by atomic mass is 19.4. The summed E-state index contributed by atoms with van der Waals surface area (Å²) in [5.41, 5.74) is 7.91. The number of aryl methyl sites for hydroxylation is 4. The van der Waals surface area contributed by atoms with Crippen LogP contribution in [0.5, 0.6) is 0 Å². The molecule has 0 aliphatic carbocycles. The van der Waals surface area contributed by atoms with Gasteiger partial charge in [-0.25, -0.2) is 0 Å². The van der Waals surface area contributed by atoms with E-state index in [1.165, 1.54) is 42.5 Å². The number of hydrogen-bond donors (Lipinski definition) is 0. The van der Waals surface area contributed by atoms with E-state index in [1.54, 1.807) is 75.9 Å². The fourth-order valence-electron chi connectivity index (χ4n) is 14.4. The molecule has 12 aromatic carbocycles. The number of para-hydroxylation sites is 4. The second kappa shape index (κ2) is 21.9. The molecule has 14 heteroatoms. The monoisotopic (exact) mass is 1250 g/mol. The summed E-state index contributed by atoms with van der Waals surface area (Å²) in [5, 5.41) is 18.1. The van der Waals surface area contributed by atoms with Gasteiger partial charge in [-0.15, -0.1) is 0 Å². The highest BCUT2D eigenvalue weighted by Gasteiger charge is 2.41. The Balaban J connectivity index is 0.000000155. The third-order valence-electron chi connectivity index (χ3n) is 18.3. The Bertz CT molecular complexity index is 5560. The van der Waals surface area contributed by atoms with Crippen molar-refractivity contribution in [2.75, 3.05) is 0 Å². The molecule has 0 radical (unpaired) electrons. The van der Waals surface area contributed by atoms with Gasteiger partial charge in [0.05, 0.1) is 78.0 Å². The molecule has 0 spiro atoms. The Hall–Kier alpha value is -11.3. The fraction of sp³-hybridized carbons (Fsp3) is 0.0875. The fourth-order valence-corrected chi connectivity index (χ4v) is 14.4. The van der Waals surface area contributed by atoms with Gasteiger partial charge in [-0.3, -0.25) is 0 Å². The molecule has 16 rings (SSSR count). The summed E-state index contributed by atoms with van der Waals surface area (Å²) in [7, 11) is 0. The Kier molecular flexibility index (Phi) is 13.8. The Morgan fingerprint density at radius 3 is 0.830 bits per heavy atom. The molecule has 460 valence electrons. The van der Waals surface area contributed by atoms with Gasteiger partial charge in [0.15, 0.2) is 0 Å². The molecule has 0 aliphatic rings. The minimum atomic E-state index is -4.91. The van der Waals surface area contributed by atoms with Crippen molar-refractivity contribution in [2.24, 2.45) is 0 Å². The van der Waals surface area contributed by atoms with Crippen molar-refractivity contribution in [2.45, 2.75) is 46.2 Å². The quantitative estimate of drug-likeness (QED) is 0.153. The van der Waals surface area contributed by atoms with Crippen LogP contribution in [0.3, 0.4) is 0 Å². The van der Waals surface area contributed by atoms with Crippen molar-refractivity contribution in [3.63, 3.8) is 0 Å². The maximum atomic E-state index is 15.8. The average Bonchev–Trinajstić information content (AvgIpc) is 1.53. The summed E-state index contributed by atoms with van der Waals surface area (Å²) in [6.07, 6.45) is -14.2. The Morgan fingerprint density at radius 1 is 0.287 bits per heavy atom. The van der Waals surface area contributed by atoms with Crippen molar-refractivity contribution in [3.8, 4) is 51.1 Å². The summed E-state index contributed by atoms with van der Waals surface area (Å²) >= 11 is 0. The molecule has 0 saturated heterocycles. The predicted octanol–water partition coefficient (Wildman–Crippen LogP) is 23.3. The molecular weight excluding hydrogens is 1200 g/mol. The molecule has 0 unspecified atom stereocenters. The van der Waals surface area contributed by atoms with E-state index in [1.807, 2.05) is 158 Å². The predicted molar refractivity (Wildman–Crippen MR) is 360 cm³/mol. The number of aromatic nitrogens is 4. The van der Waals surface area contributed by atoms with E-state index in [2.05, 4.69) is 6.07 Å². The van der Waals surface area contributed by atoms with E-state index in [9.17, 15) is 31.6 Å². The second-order valence-corrected chi connectivity index (χ2v) is 23.8. The van der Waals surface area contributed by atoms with Crippen LogP contribution in [0.25, 0.3) is 132 Å². The lowest BCUT2D eigenvalue weighted by molar-refractivity contribution is -0.138. The van der Waals surface area contributed by atoms with E-state index in [-0.39, 0.29) is 28.1 Å². The van der Waals surface area contributed by atoms with Crippen molar-refractivity contribution in [1.82, 2.24) is 18.3 Å². The van der Waals surface area contributed by atoms with Gasteiger partial charge in [-0.1, -0.05) is 158 Å². The average molecular weight is 1250 g/mol. The first-order valence-electron chi connectivity index (χ1n) is 30.4. The van der Waals surface area contributed by atoms with Gasteiger partial charge in [-0.05, 0) is 157 Å². The first-order chi connectivity index (χ1) is 45.2. The zero-order valence-electron chi connectivity index (χ0n) is 50.7. The lowest BCUT2D eigenvalue weighted by Crippen LogP contribution is -2.16. The third kappa shape index (κ3) is 9.31. The maximum absolute atomic E-state index is 15.8. The highest BCUT2D eigenvalue weighted by molar-refractivity contribution is 6.15. The number of rotatable bonds is 6. The van der Waals surface area contributed by atoms with Crippen LogP contribution in [0, 0.1) is 39.0 Å². The van der Waals surface area contributed by atoms with Crippen molar-refractivity contribution >= 4 is 87.2 Å². The number of halogens is 9. The minimum Gasteiger partial charge on any atom is -0.309 e. The summed E-state index contributed by atoms with van der Waals surface area (Å²) in [6, 6.07) is 72.3. The summed E-state index contributed by atoms with van der Waals surface area (Å²) in [6.45, 7) is 7.88. The lowest BCUT2D eigenvalue weighted by atomic mass is 9.95. The second-order valence-electron chi connectivity index (χ2n) is 23.8. The van der Waals surface area contributed by atoms with Crippen LogP contribution in [0.15, 0.2) is 243 Å². The topological polar surface area (TPSA) is 43.5 Å². The normalized spacial score (nSPS) is 12.3. The number of alkyl halides is 9. The number of hydrogen-bond acceptors (Lipinski definition) is 1. The summed E-state index contributed by atoms with van der Waals surface area (Å²) in [4.78, 5) is 0. The van der Waals surface area contributed by atoms with E-state index in [4.69, 9.17) is 0 Å². The van der Waals surface area contributed by atoms with Crippen LogP contribution in [0.4, 0.5) is 39.5 Å². The molecule has 0 aliphatic heterocycles. The molecule has 5 nitrogen and oxygen atoms in total. The molecule has 4 aromatic heterocycles. The zero-order chi connectivity index (χ0) is 65.3. The molecule has 4 heterocycles. The third-order valence-corrected chi connectivity index (χ3v) is 18.3. The smallest absolute Gasteiger partial charge is 0.309 e. The number of fused-ring (bicyclic) bond motifs is 12. The van der Waals surface area contributed by atoms with Gasteiger partial charge in [-0.2, -0.15) is 44.8 Å². The van der Waals surface area contributed by atoms with Crippen molar-refractivity contribution in [3.05, 3.63) is 287 Å². The van der Waals surface area contributed by atoms with Crippen LogP contribution < -0.4 is 0 Å². The minimum absolute atomic E-state index is 0.0121. The molecule has 0 atom stereocenters. The summed E-state index contributed by atoms with van der Waals surface area (Å²) in [5.74, 6) is 0. The van der Waals surface area contributed by atoms with Crippen LogP contribution in [0.1, 0.15) is 44.5 Å². The molecule has 16 aromatic rings. The van der Waals surface area contributed by atoms with Crippen LogP contribution in [-0.2, 0) is 18.5 Å². The van der Waals surface area contributed by atoms with Gasteiger partial charge >= 0.3 is 18.5 Å². The maximum Gasteiger partial charge on any atom is 0.420 e. The molecule has 0 saturated carbocycles. The summed E-state index contributed by atoms with van der Waals surface area (Å²) < 4.78 is 142. The van der Waals surface area contributed by atoms with E-state index in [0.29, 0.717) is 44.6 Å². The van der Waals surface area contributed by atoms with Crippen LogP contribution in [0.2, 0.25) is 0 Å². The van der Waals surface area contributed by atoms with Gasteiger partial charge in [0.1, 0.15) is 17.2 Å². The molecule has 0 bridgehead atoms. The highest BCUT2D eigenvalue weighted by Crippen LogP contribution is 2.49. The van der Waals surface area contributed by atoms with Crippen molar-refractivity contribution in [1.29, 1.82) is 5.26 Å². The standard InChI is InChI=1S/C40H26F6N2.C40H26F3N3/c1-23-11-9-19-32-36(23)27-14-4-7-17-30(27)47(32)34-21-25(26-13-3-6-16-29(26)39(41,42)43)22-35(38(34)40(44,45)46)48-31-18-8-5-15-28(31)37-24(2)12-10-20-33(37)48;1-24-11-9-19-34-38(24)28-14-4-7-17-32(28)45(34)36-21-26(27-13-3-6-16-31(27)40(41,42)43)22-37(30(36)23-44)46-33-18-8-5-15-29(33)39-25(2)12-10-20-35(39)46/h3-22H,1-2H3;3-22H,1-2H3. The zero-order valence-corrected chi connectivity index (χ0v) is 50.7. The number of nitrogens with zero attached hydrogens (tertiary/aromatic N) is 5. The largest absolute Gasteiger partial charge is 0.420 e. The Morgan fingerprint density at radius 2 is 0.543 bits per heavy atom. The van der Waals surface area contributed by atoms with Crippen LogP contribution >= 0.6 is 0 Å². The number of benzene rings is 12. The molecule has 0 fully saturated rings. The molecule has 94 heavy (non-hydrogen) atoms. The first kappa shape index (κ1) is 59.0. The molecular formula is C80H52F9N5. The van der Waals surface area contributed by atoms with Gasteiger partial charge in [0.2, 0.25) is 0 Å². The van der Waals surface area contributed by atoms with Crippen LogP contribution in [-0.4, -0.2) is 18.3 Å². The van der Waals surface area contributed by atoms with E-state index in [0.717, 1.165) is 99.5 Å². The van der Waals surface area contributed by atoms with Gasteiger partial charge in [0, 0.05) is 43.1 Å². The van der Waals surface area contributed by atoms with E-state index >= 15 is 13.2 Å². The first-order valence-corrected chi connectivity index (χ1v) is 30.4. The Labute approximate surface area is 532 Å². The number of nitriles is 1. The van der Waals surface area contributed by atoms with Gasteiger partial charge < -0.3 is 18.3 Å². The lowest BCUT2D eigenvalue weighted by Gasteiger charge is -2.24. The van der Waals surface area contributed by atoms with Gasteiger partial charge in [0.25, 0.3) is 0 Å². The SMILES string of the molecule is Cc1cccc2c1c1ccccc1n2-c1cc(-c2ccccc2C(F)(F)F)cc(-n2c3ccccc3c3c(C)cccc32)c1C#N.Cc1cccc2c1c1ccccc1n2-c1cc(-c2ccccc2C(F)(F)F)cc(-n2c3ccccc3c3c(C)cccc32)c1C(F)(F)F. The van der Waals surface area contributed by atoms with Crippen molar-refractivity contribution < 1.29 is 39.5 Å². The molecule has 0 amide bonds. The van der Waals surface area contributed by atoms with E-state index < -0.39 is 35.2 Å². The molecule has 0 N–H and O–H groups in total.